The highest BCUT2D eigenvalue weighted by atomic mass is 19.1. The standard InChI is InChI=1S/C16H13FN2O2/c1-9-4-3-5-12(17)15(9)19-10(2)18-13-8-11(16(20)21)6-7-14(13)19/h3-8H,1-2H3,(H,20,21). The van der Waals surface area contributed by atoms with Crippen molar-refractivity contribution in [1.29, 1.82) is 0 Å². The van der Waals surface area contributed by atoms with Crippen LogP contribution in [-0.4, -0.2) is 20.6 Å². The summed E-state index contributed by atoms with van der Waals surface area (Å²) in [6, 6.07) is 9.54. The number of hydrogen-bond acceptors (Lipinski definition) is 2. The van der Waals surface area contributed by atoms with E-state index in [-0.39, 0.29) is 11.4 Å². The second-order valence-corrected chi connectivity index (χ2v) is 4.91. The predicted molar refractivity (Wildman–Crippen MR) is 77.5 cm³/mol. The number of aromatic carboxylic acids is 1. The van der Waals surface area contributed by atoms with E-state index in [1.807, 2.05) is 13.0 Å². The van der Waals surface area contributed by atoms with E-state index in [9.17, 15) is 9.18 Å². The van der Waals surface area contributed by atoms with Gasteiger partial charge < -0.3 is 5.11 Å². The molecule has 0 radical (unpaired) electrons. The Bertz CT molecular complexity index is 848. The number of rotatable bonds is 2. The third-order valence-electron chi connectivity index (χ3n) is 3.48. The van der Waals surface area contributed by atoms with Crippen molar-refractivity contribution in [3.63, 3.8) is 0 Å². The SMILES string of the molecule is Cc1cccc(F)c1-n1c(C)nc2cc(C(=O)O)ccc21. The van der Waals surface area contributed by atoms with Crippen LogP contribution in [0.5, 0.6) is 0 Å². The lowest BCUT2D eigenvalue weighted by Gasteiger charge is -2.11. The molecule has 0 saturated heterocycles. The van der Waals surface area contributed by atoms with Crippen LogP contribution in [0, 0.1) is 19.7 Å². The first-order valence-electron chi connectivity index (χ1n) is 6.47. The molecule has 21 heavy (non-hydrogen) atoms. The highest BCUT2D eigenvalue weighted by molar-refractivity contribution is 5.92. The van der Waals surface area contributed by atoms with Crippen LogP contribution in [-0.2, 0) is 0 Å². The molecule has 2 aromatic carbocycles. The summed E-state index contributed by atoms with van der Waals surface area (Å²) in [5.41, 5.74) is 2.62. The summed E-state index contributed by atoms with van der Waals surface area (Å²) in [5.74, 6) is -0.730. The Morgan fingerprint density at radius 1 is 1.24 bits per heavy atom. The van der Waals surface area contributed by atoms with E-state index in [1.165, 1.54) is 18.2 Å². The zero-order chi connectivity index (χ0) is 15.1. The number of hydrogen-bond donors (Lipinski definition) is 1. The summed E-state index contributed by atoms with van der Waals surface area (Å²) in [7, 11) is 0. The molecule has 0 saturated carbocycles. The lowest BCUT2D eigenvalue weighted by molar-refractivity contribution is 0.0697. The molecule has 0 aliphatic carbocycles. The largest absolute Gasteiger partial charge is 0.478 e. The highest BCUT2D eigenvalue weighted by Crippen LogP contribution is 2.26. The van der Waals surface area contributed by atoms with Crippen LogP contribution in [0.1, 0.15) is 21.7 Å². The third-order valence-corrected chi connectivity index (χ3v) is 3.48. The average molecular weight is 284 g/mol. The van der Waals surface area contributed by atoms with Gasteiger partial charge in [0.1, 0.15) is 11.6 Å². The number of aromatic nitrogens is 2. The number of imidazole rings is 1. The quantitative estimate of drug-likeness (QED) is 0.783. The fraction of sp³-hybridized carbons (Fsp3) is 0.125. The molecule has 1 heterocycles. The molecule has 106 valence electrons. The van der Waals surface area contributed by atoms with Crippen LogP contribution in [0.3, 0.4) is 0 Å². The van der Waals surface area contributed by atoms with Gasteiger partial charge in [0, 0.05) is 0 Å². The van der Waals surface area contributed by atoms with Gasteiger partial charge in [-0.05, 0) is 43.7 Å². The minimum atomic E-state index is -1.01. The van der Waals surface area contributed by atoms with Crippen LogP contribution in [0.2, 0.25) is 0 Å². The number of halogens is 1. The molecule has 0 fully saturated rings. The van der Waals surface area contributed by atoms with Crippen LogP contribution in [0.25, 0.3) is 16.7 Å². The van der Waals surface area contributed by atoms with Gasteiger partial charge in [-0.25, -0.2) is 14.2 Å². The van der Waals surface area contributed by atoms with Crippen molar-refractivity contribution in [3.8, 4) is 5.69 Å². The molecule has 3 rings (SSSR count). The van der Waals surface area contributed by atoms with Gasteiger partial charge in [-0.3, -0.25) is 4.57 Å². The summed E-state index contributed by atoms with van der Waals surface area (Å²) in [6.07, 6.45) is 0. The van der Waals surface area contributed by atoms with E-state index in [0.29, 0.717) is 22.5 Å². The van der Waals surface area contributed by atoms with Crippen molar-refractivity contribution in [1.82, 2.24) is 9.55 Å². The second-order valence-electron chi connectivity index (χ2n) is 4.91. The van der Waals surface area contributed by atoms with Crippen molar-refractivity contribution in [2.45, 2.75) is 13.8 Å². The van der Waals surface area contributed by atoms with E-state index >= 15 is 0 Å². The molecule has 1 N–H and O–H groups in total. The minimum Gasteiger partial charge on any atom is -0.478 e. The predicted octanol–water partition coefficient (Wildman–Crippen LogP) is 3.48. The fourth-order valence-electron chi connectivity index (χ4n) is 2.52. The Kier molecular flexibility index (Phi) is 2.97. The summed E-state index contributed by atoms with van der Waals surface area (Å²) in [5, 5.41) is 9.03. The van der Waals surface area contributed by atoms with Crippen LogP contribution in [0.4, 0.5) is 4.39 Å². The number of nitrogens with zero attached hydrogens (tertiary/aromatic N) is 2. The van der Waals surface area contributed by atoms with Gasteiger partial charge in [0.05, 0.1) is 22.3 Å². The molecule has 0 spiro atoms. The van der Waals surface area contributed by atoms with Crippen molar-refractivity contribution >= 4 is 17.0 Å². The molecule has 4 nitrogen and oxygen atoms in total. The monoisotopic (exact) mass is 284 g/mol. The Labute approximate surface area is 120 Å². The van der Waals surface area contributed by atoms with Gasteiger partial charge in [0.15, 0.2) is 0 Å². The number of carbonyl (C=O) groups is 1. The number of fused-ring (bicyclic) bond motifs is 1. The lowest BCUT2D eigenvalue weighted by atomic mass is 10.1. The van der Waals surface area contributed by atoms with Gasteiger partial charge >= 0.3 is 5.97 Å². The number of benzene rings is 2. The molecule has 0 unspecified atom stereocenters. The fourth-order valence-corrected chi connectivity index (χ4v) is 2.52. The molecule has 5 heteroatoms. The molecular weight excluding hydrogens is 271 g/mol. The van der Waals surface area contributed by atoms with Gasteiger partial charge in [0.25, 0.3) is 0 Å². The number of carboxylic acid groups (broad SMARTS) is 1. The molecule has 1 aromatic heterocycles. The molecule has 0 atom stereocenters. The molecule has 0 aliphatic heterocycles. The first kappa shape index (κ1) is 13.3. The van der Waals surface area contributed by atoms with Gasteiger partial charge in [-0.2, -0.15) is 0 Å². The molecule has 0 amide bonds. The van der Waals surface area contributed by atoms with Crippen molar-refractivity contribution in [2.75, 3.05) is 0 Å². The number of aryl methyl sites for hydroxylation is 2. The molecule has 3 aromatic rings. The van der Waals surface area contributed by atoms with Crippen molar-refractivity contribution < 1.29 is 14.3 Å². The highest BCUT2D eigenvalue weighted by Gasteiger charge is 2.16. The Balaban J connectivity index is 2.33. The van der Waals surface area contributed by atoms with E-state index in [0.717, 1.165) is 5.56 Å². The average Bonchev–Trinajstić information content (AvgIpc) is 2.74. The molecule has 0 aliphatic rings. The van der Waals surface area contributed by atoms with Gasteiger partial charge in [-0.1, -0.05) is 12.1 Å². The number of para-hydroxylation sites is 1. The first-order chi connectivity index (χ1) is 9.99. The summed E-state index contributed by atoms with van der Waals surface area (Å²) < 4.78 is 15.9. The molecular formula is C16H13FN2O2. The zero-order valence-corrected chi connectivity index (χ0v) is 11.6. The minimum absolute atomic E-state index is 0.164. The first-order valence-corrected chi connectivity index (χ1v) is 6.47. The van der Waals surface area contributed by atoms with Gasteiger partial charge in [-0.15, -0.1) is 0 Å². The Morgan fingerprint density at radius 3 is 2.67 bits per heavy atom. The maximum absolute atomic E-state index is 14.2. The van der Waals surface area contributed by atoms with E-state index in [1.54, 1.807) is 23.6 Å². The summed E-state index contributed by atoms with van der Waals surface area (Å²) >= 11 is 0. The zero-order valence-electron chi connectivity index (χ0n) is 11.6. The lowest BCUT2D eigenvalue weighted by Crippen LogP contribution is -2.03. The molecule has 0 bridgehead atoms. The van der Waals surface area contributed by atoms with E-state index in [4.69, 9.17) is 5.11 Å². The van der Waals surface area contributed by atoms with E-state index < -0.39 is 5.97 Å². The van der Waals surface area contributed by atoms with Crippen LogP contribution in [0.15, 0.2) is 36.4 Å². The number of carboxylic acids is 1. The third kappa shape index (κ3) is 2.07. The van der Waals surface area contributed by atoms with Crippen LogP contribution >= 0.6 is 0 Å². The van der Waals surface area contributed by atoms with Crippen LogP contribution < -0.4 is 0 Å². The maximum Gasteiger partial charge on any atom is 0.335 e. The van der Waals surface area contributed by atoms with Crippen molar-refractivity contribution in [2.24, 2.45) is 0 Å². The van der Waals surface area contributed by atoms with Crippen molar-refractivity contribution in [3.05, 3.63) is 59.2 Å². The Hall–Kier alpha value is -2.69. The summed E-state index contributed by atoms with van der Waals surface area (Å²) in [6.45, 7) is 3.60. The maximum atomic E-state index is 14.2. The van der Waals surface area contributed by atoms with Gasteiger partial charge in [0.2, 0.25) is 0 Å². The van der Waals surface area contributed by atoms with E-state index in [2.05, 4.69) is 4.98 Å². The Morgan fingerprint density at radius 2 is 2.00 bits per heavy atom. The smallest absolute Gasteiger partial charge is 0.335 e. The topological polar surface area (TPSA) is 55.1 Å². The second kappa shape index (κ2) is 4.70. The normalized spacial score (nSPS) is 11.0. The summed E-state index contributed by atoms with van der Waals surface area (Å²) in [4.78, 5) is 15.4.